The Kier molecular flexibility index (Phi) is 5.41. The van der Waals surface area contributed by atoms with Crippen molar-refractivity contribution < 1.29 is 14.3 Å². The van der Waals surface area contributed by atoms with Gasteiger partial charge in [-0.15, -0.1) is 0 Å². The van der Waals surface area contributed by atoms with Crippen molar-refractivity contribution in [3.8, 4) is 17.3 Å². The van der Waals surface area contributed by atoms with Gasteiger partial charge in [-0.2, -0.15) is 5.26 Å². The van der Waals surface area contributed by atoms with Crippen molar-refractivity contribution in [2.24, 2.45) is 0 Å². The molecule has 0 atom stereocenters. The van der Waals surface area contributed by atoms with Crippen LogP contribution in [0.2, 0.25) is 0 Å². The molecule has 1 N–H and O–H groups in total. The summed E-state index contributed by atoms with van der Waals surface area (Å²) < 4.78 is 4.71. The van der Waals surface area contributed by atoms with E-state index in [0.717, 1.165) is 0 Å². The summed E-state index contributed by atoms with van der Waals surface area (Å²) in [5.41, 5.74) is 2.34. The first-order chi connectivity index (χ1) is 12.2. The molecule has 1 amide bonds. The zero-order valence-electron chi connectivity index (χ0n) is 15.5. The van der Waals surface area contributed by atoms with Crippen LogP contribution in [-0.2, 0) is 4.74 Å². The summed E-state index contributed by atoms with van der Waals surface area (Å²) in [4.78, 5) is 28.4. The van der Waals surface area contributed by atoms with Gasteiger partial charge in [0.25, 0.3) is 5.91 Å². The maximum Gasteiger partial charge on any atom is 0.339 e. The molecule has 26 heavy (non-hydrogen) atoms. The molecule has 0 saturated carbocycles. The highest BCUT2D eigenvalue weighted by Gasteiger charge is 2.18. The van der Waals surface area contributed by atoms with Gasteiger partial charge in [0, 0.05) is 16.7 Å². The second-order valence-electron chi connectivity index (χ2n) is 6.90. The normalized spacial score (nSPS) is 10.8. The summed E-state index contributed by atoms with van der Waals surface area (Å²) in [6.45, 7) is 7.41. The molecular weight excluding hydrogens is 330 g/mol. The number of nitrogens with one attached hydrogen (secondary N) is 1. The van der Waals surface area contributed by atoms with Crippen LogP contribution in [0.25, 0.3) is 11.3 Å². The van der Waals surface area contributed by atoms with Crippen LogP contribution in [0.4, 0.5) is 0 Å². The summed E-state index contributed by atoms with van der Waals surface area (Å²) in [5, 5.41) is 12.3. The highest BCUT2D eigenvalue weighted by molar-refractivity contribution is 5.95. The average Bonchev–Trinajstić information content (AvgIpc) is 2.59. The van der Waals surface area contributed by atoms with E-state index in [4.69, 9.17) is 4.74 Å². The third-order valence-corrected chi connectivity index (χ3v) is 3.65. The second-order valence-corrected chi connectivity index (χ2v) is 6.90. The van der Waals surface area contributed by atoms with E-state index in [2.05, 4.69) is 16.4 Å². The molecule has 2 rings (SSSR count). The Morgan fingerprint density at radius 2 is 1.81 bits per heavy atom. The molecule has 134 valence electrons. The minimum absolute atomic E-state index is 0.172. The molecule has 1 aromatic heterocycles. The smallest absolute Gasteiger partial charge is 0.339 e. The number of aryl methyl sites for hydroxylation is 1. The fraction of sp³-hybridized carbons (Fsp3) is 0.300. The lowest BCUT2D eigenvalue weighted by Gasteiger charge is -2.20. The van der Waals surface area contributed by atoms with Gasteiger partial charge in [-0.25, -0.2) is 4.79 Å². The number of hydrogen-bond donors (Lipinski definition) is 1. The minimum Gasteiger partial charge on any atom is -0.465 e. The van der Waals surface area contributed by atoms with Crippen molar-refractivity contribution in [3.05, 3.63) is 52.7 Å². The third-order valence-electron chi connectivity index (χ3n) is 3.65. The number of rotatable bonds is 3. The molecule has 0 fully saturated rings. The van der Waals surface area contributed by atoms with Gasteiger partial charge in [0.15, 0.2) is 0 Å². The van der Waals surface area contributed by atoms with Crippen LogP contribution in [0.3, 0.4) is 0 Å². The Morgan fingerprint density at radius 3 is 2.31 bits per heavy atom. The van der Waals surface area contributed by atoms with Gasteiger partial charge in [0.05, 0.1) is 29.6 Å². The Bertz CT molecular complexity index is 888. The number of nitrogens with zero attached hydrogens (tertiary/aromatic N) is 2. The van der Waals surface area contributed by atoms with E-state index in [9.17, 15) is 14.9 Å². The number of carbonyl (C=O) groups is 2. The fourth-order valence-electron chi connectivity index (χ4n) is 2.42. The predicted molar refractivity (Wildman–Crippen MR) is 97.7 cm³/mol. The molecule has 0 aliphatic carbocycles. The largest absolute Gasteiger partial charge is 0.465 e. The molecule has 1 heterocycles. The zero-order chi connectivity index (χ0) is 19.5. The molecule has 0 unspecified atom stereocenters. The molecule has 0 radical (unpaired) electrons. The Balaban J connectivity index is 2.40. The van der Waals surface area contributed by atoms with Gasteiger partial charge in [0.2, 0.25) is 0 Å². The molecule has 6 nitrogen and oxygen atoms in total. The monoisotopic (exact) mass is 351 g/mol. The molecule has 1 aromatic carbocycles. The highest BCUT2D eigenvalue weighted by Crippen LogP contribution is 2.24. The number of pyridine rings is 1. The Labute approximate surface area is 152 Å². The van der Waals surface area contributed by atoms with Crippen molar-refractivity contribution in [1.29, 1.82) is 5.26 Å². The number of methoxy groups -OCH3 is 1. The van der Waals surface area contributed by atoms with Crippen molar-refractivity contribution in [2.75, 3.05) is 7.11 Å². The summed E-state index contributed by atoms with van der Waals surface area (Å²) in [6, 6.07) is 10.4. The molecule has 0 spiro atoms. The van der Waals surface area contributed by atoms with E-state index in [1.165, 1.54) is 13.2 Å². The summed E-state index contributed by atoms with van der Waals surface area (Å²) in [5.74, 6) is -0.706. The van der Waals surface area contributed by atoms with Crippen LogP contribution in [-0.4, -0.2) is 29.5 Å². The maximum absolute atomic E-state index is 12.2. The minimum atomic E-state index is -0.535. The molecule has 2 aromatic rings. The van der Waals surface area contributed by atoms with Crippen LogP contribution in [0.5, 0.6) is 0 Å². The number of nitriles is 1. The maximum atomic E-state index is 12.2. The van der Waals surface area contributed by atoms with Crippen molar-refractivity contribution in [1.82, 2.24) is 10.3 Å². The molecule has 0 aliphatic heterocycles. The predicted octanol–water partition coefficient (Wildman–Crippen LogP) is 3.24. The van der Waals surface area contributed by atoms with Crippen molar-refractivity contribution in [3.63, 3.8) is 0 Å². The lowest BCUT2D eigenvalue weighted by atomic mass is 10.0. The van der Waals surface area contributed by atoms with Crippen LogP contribution in [0.15, 0.2) is 30.3 Å². The number of amides is 1. The van der Waals surface area contributed by atoms with E-state index in [1.54, 1.807) is 31.2 Å². The summed E-state index contributed by atoms with van der Waals surface area (Å²) >= 11 is 0. The van der Waals surface area contributed by atoms with Crippen molar-refractivity contribution >= 4 is 11.9 Å². The topological polar surface area (TPSA) is 92.1 Å². The van der Waals surface area contributed by atoms with E-state index >= 15 is 0 Å². The van der Waals surface area contributed by atoms with E-state index in [1.807, 2.05) is 20.8 Å². The summed E-state index contributed by atoms with van der Waals surface area (Å²) in [6.07, 6.45) is 0. The molecular formula is C20H21N3O3. The first-order valence-corrected chi connectivity index (χ1v) is 8.09. The highest BCUT2D eigenvalue weighted by atomic mass is 16.5. The SMILES string of the molecule is COC(=O)c1cc(C#N)c(-c2ccc(C(=O)NC(C)(C)C)cc2)nc1C. The Morgan fingerprint density at radius 1 is 1.19 bits per heavy atom. The number of benzene rings is 1. The second kappa shape index (κ2) is 7.36. The molecule has 0 saturated heterocycles. The van der Waals surface area contributed by atoms with Gasteiger partial charge in [-0.05, 0) is 45.9 Å². The lowest BCUT2D eigenvalue weighted by molar-refractivity contribution is 0.0599. The quantitative estimate of drug-likeness (QED) is 0.857. The van der Waals surface area contributed by atoms with E-state index < -0.39 is 5.97 Å². The number of hydrogen-bond acceptors (Lipinski definition) is 5. The number of esters is 1. The zero-order valence-corrected chi connectivity index (χ0v) is 15.5. The van der Waals surface area contributed by atoms with Gasteiger partial charge in [0.1, 0.15) is 6.07 Å². The van der Waals surface area contributed by atoms with E-state index in [-0.39, 0.29) is 22.6 Å². The van der Waals surface area contributed by atoms with Crippen molar-refractivity contribution in [2.45, 2.75) is 33.2 Å². The first-order valence-electron chi connectivity index (χ1n) is 8.09. The summed E-state index contributed by atoms with van der Waals surface area (Å²) in [7, 11) is 1.28. The van der Waals surface area contributed by atoms with Crippen LogP contribution in [0.1, 0.15) is 52.7 Å². The molecule has 6 heteroatoms. The standard InChI is InChI=1S/C20H21N3O3/c1-12-16(19(25)26-5)10-15(11-21)17(22-12)13-6-8-14(9-7-13)18(24)23-20(2,3)4/h6-10H,1-5H3,(H,23,24). The van der Waals surface area contributed by atoms with Gasteiger partial charge >= 0.3 is 5.97 Å². The number of carbonyl (C=O) groups excluding carboxylic acids is 2. The first kappa shape index (κ1) is 19.1. The van der Waals surface area contributed by atoms with Gasteiger partial charge in [-0.3, -0.25) is 9.78 Å². The lowest BCUT2D eigenvalue weighted by Crippen LogP contribution is -2.40. The fourth-order valence-corrected chi connectivity index (χ4v) is 2.42. The van der Waals surface area contributed by atoms with Gasteiger partial charge in [-0.1, -0.05) is 12.1 Å². The van der Waals surface area contributed by atoms with E-state index in [0.29, 0.717) is 22.5 Å². The number of aromatic nitrogens is 1. The average molecular weight is 351 g/mol. The van der Waals surface area contributed by atoms with Gasteiger partial charge < -0.3 is 10.1 Å². The van der Waals surface area contributed by atoms with Crippen LogP contribution >= 0.6 is 0 Å². The third kappa shape index (κ3) is 4.25. The van der Waals surface area contributed by atoms with Crippen LogP contribution < -0.4 is 5.32 Å². The van der Waals surface area contributed by atoms with Crippen LogP contribution in [0, 0.1) is 18.3 Å². The Hall–Kier alpha value is -3.20. The molecule has 0 bridgehead atoms. The molecule has 0 aliphatic rings. The number of ether oxygens (including phenoxy) is 1.